The number of aryl methyl sites for hydroxylation is 2. The molecule has 0 radical (unpaired) electrons. The summed E-state index contributed by atoms with van der Waals surface area (Å²) < 4.78 is 11.0. The fourth-order valence-electron chi connectivity index (χ4n) is 2.87. The van der Waals surface area contributed by atoms with E-state index in [9.17, 15) is 4.79 Å². The molecule has 1 aliphatic heterocycles. The third-order valence-corrected chi connectivity index (χ3v) is 4.10. The molecule has 0 bridgehead atoms. The highest BCUT2D eigenvalue weighted by atomic mass is 16.5. The molecule has 8 heteroatoms. The van der Waals surface area contributed by atoms with Gasteiger partial charge in [-0.2, -0.15) is 0 Å². The van der Waals surface area contributed by atoms with Crippen LogP contribution in [0.25, 0.3) is 0 Å². The number of ether oxygens (including phenoxy) is 1. The van der Waals surface area contributed by atoms with E-state index in [1.807, 2.05) is 6.92 Å². The van der Waals surface area contributed by atoms with Crippen LogP contribution in [0.2, 0.25) is 0 Å². The lowest BCUT2D eigenvalue weighted by Crippen LogP contribution is -2.43. The van der Waals surface area contributed by atoms with Gasteiger partial charge in [0.1, 0.15) is 28.9 Å². The van der Waals surface area contributed by atoms with Crippen LogP contribution < -0.4 is 5.32 Å². The first-order valence-electron chi connectivity index (χ1n) is 8.00. The molecule has 3 heterocycles. The number of hydrogen-bond donors (Lipinski definition) is 1. The lowest BCUT2D eigenvalue weighted by Gasteiger charge is -2.33. The van der Waals surface area contributed by atoms with Crippen molar-refractivity contribution < 1.29 is 14.1 Å². The van der Waals surface area contributed by atoms with Crippen molar-refractivity contribution in [2.45, 2.75) is 26.4 Å². The normalized spacial score (nSPS) is 17.8. The number of carbonyl (C=O) groups excluding carboxylic acids is 1. The Morgan fingerprint density at radius 1 is 1.42 bits per heavy atom. The van der Waals surface area contributed by atoms with Gasteiger partial charge in [0.2, 0.25) is 0 Å². The third kappa shape index (κ3) is 2.96. The molecule has 1 unspecified atom stereocenters. The van der Waals surface area contributed by atoms with E-state index in [0.717, 1.165) is 0 Å². The van der Waals surface area contributed by atoms with Gasteiger partial charge in [-0.05, 0) is 13.3 Å². The Bertz CT molecular complexity index is 730. The third-order valence-electron chi connectivity index (χ3n) is 4.10. The average molecular weight is 331 g/mol. The Labute approximate surface area is 140 Å². The topological polar surface area (TPSA) is 93.4 Å². The SMILES string of the molecule is CCc1noc(C)c1C(=O)N1CCOC(c2nccnc2NC)C1. The molecular formula is C16H21N5O3. The molecule has 0 spiro atoms. The lowest BCUT2D eigenvalue weighted by molar-refractivity contribution is -0.0246. The van der Waals surface area contributed by atoms with Crippen LogP contribution in [0.5, 0.6) is 0 Å². The minimum atomic E-state index is -0.316. The van der Waals surface area contributed by atoms with E-state index >= 15 is 0 Å². The lowest BCUT2D eigenvalue weighted by atomic mass is 10.1. The van der Waals surface area contributed by atoms with Gasteiger partial charge < -0.3 is 19.5 Å². The Hall–Kier alpha value is -2.48. The quantitative estimate of drug-likeness (QED) is 0.909. The standard InChI is InChI=1S/C16H21N5O3/c1-4-11-13(10(2)24-20-11)16(22)21-7-8-23-12(9-21)14-15(17-3)19-6-5-18-14/h5-6,12H,4,7-9H2,1-3H3,(H,17,19). The summed E-state index contributed by atoms with van der Waals surface area (Å²) in [6, 6.07) is 0. The molecule has 128 valence electrons. The van der Waals surface area contributed by atoms with Crippen LogP contribution in [0.1, 0.15) is 40.5 Å². The van der Waals surface area contributed by atoms with Gasteiger partial charge in [-0.15, -0.1) is 0 Å². The first-order valence-corrected chi connectivity index (χ1v) is 8.00. The Kier molecular flexibility index (Phi) is 4.75. The monoisotopic (exact) mass is 331 g/mol. The van der Waals surface area contributed by atoms with Crippen molar-refractivity contribution in [2.75, 3.05) is 32.1 Å². The van der Waals surface area contributed by atoms with Gasteiger partial charge in [0.05, 0.1) is 18.8 Å². The molecule has 1 atom stereocenters. The molecular weight excluding hydrogens is 310 g/mol. The highest BCUT2D eigenvalue weighted by Gasteiger charge is 2.31. The summed E-state index contributed by atoms with van der Waals surface area (Å²) in [5.41, 5.74) is 1.96. The molecule has 2 aromatic heterocycles. The molecule has 0 saturated carbocycles. The number of anilines is 1. The molecule has 3 rings (SSSR count). The molecule has 8 nitrogen and oxygen atoms in total. The zero-order valence-electron chi connectivity index (χ0n) is 14.1. The molecule has 24 heavy (non-hydrogen) atoms. The zero-order valence-corrected chi connectivity index (χ0v) is 14.1. The number of morpholine rings is 1. The van der Waals surface area contributed by atoms with Gasteiger partial charge in [0, 0.05) is 26.0 Å². The summed E-state index contributed by atoms with van der Waals surface area (Å²) in [5.74, 6) is 1.14. The van der Waals surface area contributed by atoms with Crippen LogP contribution in [-0.4, -0.2) is 52.7 Å². The summed E-state index contributed by atoms with van der Waals surface area (Å²) in [6.45, 7) is 5.11. The molecule has 0 aliphatic carbocycles. The van der Waals surface area contributed by atoms with Gasteiger partial charge in [0.25, 0.3) is 5.91 Å². The zero-order chi connectivity index (χ0) is 17.1. The highest BCUT2D eigenvalue weighted by Crippen LogP contribution is 2.27. The van der Waals surface area contributed by atoms with Crippen molar-refractivity contribution in [3.63, 3.8) is 0 Å². The summed E-state index contributed by atoms with van der Waals surface area (Å²) in [5, 5.41) is 6.98. The second-order valence-corrected chi connectivity index (χ2v) is 5.56. The summed E-state index contributed by atoms with van der Waals surface area (Å²) >= 11 is 0. The Morgan fingerprint density at radius 3 is 2.96 bits per heavy atom. The summed E-state index contributed by atoms with van der Waals surface area (Å²) in [7, 11) is 1.79. The molecule has 1 aliphatic rings. The van der Waals surface area contributed by atoms with Gasteiger partial charge in [-0.25, -0.2) is 4.98 Å². The van der Waals surface area contributed by atoms with E-state index in [0.29, 0.717) is 54.6 Å². The van der Waals surface area contributed by atoms with Crippen LogP contribution >= 0.6 is 0 Å². The number of carbonyl (C=O) groups is 1. The predicted octanol–water partition coefficient (Wildman–Crippen LogP) is 1.59. The number of nitrogens with zero attached hydrogens (tertiary/aromatic N) is 4. The average Bonchev–Trinajstić information content (AvgIpc) is 3.01. The van der Waals surface area contributed by atoms with Crippen molar-refractivity contribution in [1.29, 1.82) is 0 Å². The van der Waals surface area contributed by atoms with Crippen LogP contribution in [-0.2, 0) is 11.2 Å². The van der Waals surface area contributed by atoms with E-state index in [-0.39, 0.29) is 12.0 Å². The van der Waals surface area contributed by atoms with E-state index in [2.05, 4.69) is 20.4 Å². The highest BCUT2D eigenvalue weighted by molar-refractivity contribution is 5.96. The largest absolute Gasteiger partial charge is 0.372 e. The van der Waals surface area contributed by atoms with E-state index < -0.39 is 0 Å². The van der Waals surface area contributed by atoms with Crippen LogP contribution in [0.15, 0.2) is 16.9 Å². The van der Waals surface area contributed by atoms with E-state index in [1.165, 1.54) is 0 Å². The second kappa shape index (κ2) is 6.96. The maximum absolute atomic E-state index is 12.9. The minimum Gasteiger partial charge on any atom is -0.372 e. The number of hydrogen-bond acceptors (Lipinski definition) is 7. The maximum Gasteiger partial charge on any atom is 0.259 e. The smallest absolute Gasteiger partial charge is 0.259 e. The Balaban J connectivity index is 1.83. The Morgan fingerprint density at radius 2 is 2.21 bits per heavy atom. The van der Waals surface area contributed by atoms with Crippen LogP contribution in [0.3, 0.4) is 0 Å². The number of rotatable bonds is 4. The van der Waals surface area contributed by atoms with Gasteiger partial charge >= 0.3 is 0 Å². The second-order valence-electron chi connectivity index (χ2n) is 5.56. The number of nitrogens with one attached hydrogen (secondary N) is 1. The van der Waals surface area contributed by atoms with Gasteiger partial charge in [-0.1, -0.05) is 12.1 Å². The van der Waals surface area contributed by atoms with Crippen LogP contribution in [0, 0.1) is 6.92 Å². The van der Waals surface area contributed by atoms with Gasteiger partial charge in [0.15, 0.2) is 0 Å². The fraction of sp³-hybridized carbons (Fsp3) is 0.500. The van der Waals surface area contributed by atoms with Crippen molar-refractivity contribution in [3.8, 4) is 0 Å². The van der Waals surface area contributed by atoms with Crippen molar-refractivity contribution in [2.24, 2.45) is 0 Å². The summed E-state index contributed by atoms with van der Waals surface area (Å²) in [4.78, 5) is 23.3. The van der Waals surface area contributed by atoms with E-state index in [1.54, 1.807) is 31.3 Å². The van der Waals surface area contributed by atoms with E-state index in [4.69, 9.17) is 9.26 Å². The molecule has 1 fully saturated rings. The van der Waals surface area contributed by atoms with Crippen molar-refractivity contribution in [1.82, 2.24) is 20.0 Å². The van der Waals surface area contributed by atoms with Crippen molar-refractivity contribution >= 4 is 11.7 Å². The summed E-state index contributed by atoms with van der Waals surface area (Å²) in [6.07, 6.45) is 3.58. The maximum atomic E-state index is 12.9. The van der Waals surface area contributed by atoms with Crippen molar-refractivity contribution in [3.05, 3.63) is 35.1 Å². The minimum absolute atomic E-state index is 0.0752. The molecule has 1 amide bonds. The number of amides is 1. The molecule has 1 N–H and O–H groups in total. The predicted molar refractivity (Wildman–Crippen MR) is 86.8 cm³/mol. The molecule has 0 aromatic carbocycles. The number of aromatic nitrogens is 3. The molecule has 1 saturated heterocycles. The molecule has 2 aromatic rings. The fourth-order valence-corrected chi connectivity index (χ4v) is 2.87. The first kappa shape index (κ1) is 16.4. The van der Waals surface area contributed by atoms with Gasteiger partial charge in [-0.3, -0.25) is 9.78 Å². The first-order chi connectivity index (χ1) is 11.7. The van der Waals surface area contributed by atoms with Crippen LogP contribution in [0.4, 0.5) is 5.82 Å².